The van der Waals surface area contributed by atoms with Crippen molar-refractivity contribution in [3.05, 3.63) is 10.8 Å². The van der Waals surface area contributed by atoms with Gasteiger partial charge < -0.3 is 10.5 Å². The van der Waals surface area contributed by atoms with E-state index in [1.807, 2.05) is 6.92 Å². The maximum Gasteiger partial charge on any atom is 0.158 e. The van der Waals surface area contributed by atoms with Gasteiger partial charge in [0, 0.05) is 12.4 Å². The molecule has 0 saturated carbocycles. The molecular formula is C8H13BrN4OS. The van der Waals surface area contributed by atoms with Gasteiger partial charge in [0.1, 0.15) is 11.4 Å². The Hall–Kier alpha value is -0.370. The van der Waals surface area contributed by atoms with Crippen LogP contribution in [-0.2, 0) is 0 Å². The fourth-order valence-electron chi connectivity index (χ4n) is 0.829. The number of hydrogen-bond donors (Lipinski definition) is 3. The summed E-state index contributed by atoms with van der Waals surface area (Å²) in [5.41, 5.74) is 2.48. The Bertz CT molecular complexity index is 326. The molecule has 0 spiro atoms. The number of nitrogens with zero attached hydrogens (tertiary/aromatic N) is 2. The SMILES string of the molecule is CC(CO)CSc1ncnc(NN)c1Br. The third kappa shape index (κ3) is 3.60. The van der Waals surface area contributed by atoms with Crippen molar-refractivity contribution in [1.29, 1.82) is 0 Å². The average Bonchev–Trinajstić information content (AvgIpc) is 2.27. The van der Waals surface area contributed by atoms with Crippen LogP contribution in [0.4, 0.5) is 5.82 Å². The largest absolute Gasteiger partial charge is 0.396 e. The average molecular weight is 293 g/mol. The fourth-order valence-corrected chi connectivity index (χ4v) is 2.38. The van der Waals surface area contributed by atoms with Gasteiger partial charge in [0.25, 0.3) is 0 Å². The van der Waals surface area contributed by atoms with Crippen LogP contribution in [0.1, 0.15) is 6.92 Å². The number of halogens is 1. The van der Waals surface area contributed by atoms with Gasteiger partial charge in [-0.1, -0.05) is 6.92 Å². The molecule has 0 aliphatic heterocycles. The summed E-state index contributed by atoms with van der Waals surface area (Å²) in [4.78, 5) is 8.07. The zero-order valence-corrected chi connectivity index (χ0v) is 10.7. The Labute approximate surface area is 101 Å². The number of nitrogen functional groups attached to an aromatic ring is 1. The first-order chi connectivity index (χ1) is 7.19. The molecule has 1 rings (SSSR count). The van der Waals surface area contributed by atoms with E-state index in [4.69, 9.17) is 10.9 Å². The van der Waals surface area contributed by atoms with Crippen molar-refractivity contribution in [1.82, 2.24) is 9.97 Å². The van der Waals surface area contributed by atoms with E-state index in [-0.39, 0.29) is 12.5 Å². The van der Waals surface area contributed by atoms with Gasteiger partial charge in [0.05, 0.1) is 4.47 Å². The smallest absolute Gasteiger partial charge is 0.158 e. The minimum atomic E-state index is 0.178. The van der Waals surface area contributed by atoms with Gasteiger partial charge in [-0.3, -0.25) is 0 Å². The molecule has 5 nitrogen and oxygen atoms in total. The highest BCUT2D eigenvalue weighted by molar-refractivity contribution is 9.10. The number of aliphatic hydroxyl groups excluding tert-OH is 1. The number of thioether (sulfide) groups is 1. The van der Waals surface area contributed by atoms with Crippen molar-refractivity contribution in [2.75, 3.05) is 17.8 Å². The molecule has 1 aromatic heterocycles. The normalized spacial score (nSPS) is 12.5. The highest BCUT2D eigenvalue weighted by atomic mass is 79.9. The quantitative estimate of drug-likeness (QED) is 0.328. The van der Waals surface area contributed by atoms with Crippen molar-refractivity contribution in [3.63, 3.8) is 0 Å². The first-order valence-corrected chi connectivity index (χ1v) is 6.17. The molecule has 0 aliphatic carbocycles. The maximum absolute atomic E-state index is 8.89. The van der Waals surface area contributed by atoms with Crippen LogP contribution < -0.4 is 11.3 Å². The molecule has 0 radical (unpaired) electrons. The number of nitrogens with two attached hydrogens (primary N) is 1. The second kappa shape index (κ2) is 6.26. The fraction of sp³-hybridized carbons (Fsp3) is 0.500. The summed E-state index contributed by atoms with van der Waals surface area (Å²) < 4.78 is 0.752. The predicted octanol–water partition coefficient (Wildman–Crippen LogP) is 1.25. The molecule has 1 aromatic rings. The summed E-state index contributed by atoms with van der Waals surface area (Å²) in [7, 11) is 0. The summed E-state index contributed by atoms with van der Waals surface area (Å²) in [5, 5.41) is 9.71. The van der Waals surface area contributed by atoms with Gasteiger partial charge in [-0.15, -0.1) is 11.8 Å². The third-order valence-corrected chi connectivity index (χ3v) is 4.04. The lowest BCUT2D eigenvalue weighted by Gasteiger charge is -2.09. The molecule has 4 N–H and O–H groups in total. The Balaban J connectivity index is 2.68. The number of aromatic nitrogens is 2. The highest BCUT2D eigenvalue weighted by Crippen LogP contribution is 2.30. The monoisotopic (exact) mass is 292 g/mol. The van der Waals surface area contributed by atoms with Crippen LogP contribution in [0, 0.1) is 5.92 Å². The third-order valence-electron chi connectivity index (χ3n) is 1.71. The minimum Gasteiger partial charge on any atom is -0.396 e. The van der Waals surface area contributed by atoms with Crippen molar-refractivity contribution in [2.45, 2.75) is 11.9 Å². The molecule has 0 fully saturated rings. The number of aliphatic hydroxyl groups is 1. The molecule has 7 heteroatoms. The molecule has 0 bridgehead atoms. The van der Waals surface area contributed by atoms with E-state index < -0.39 is 0 Å². The lowest BCUT2D eigenvalue weighted by Crippen LogP contribution is -2.10. The lowest BCUT2D eigenvalue weighted by molar-refractivity contribution is 0.250. The van der Waals surface area contributed by atoms with E-state index in [0.717, 1.165) is 15.3 Å². The van der Waals surface area contributed by atoms with E-state index in [2.05, 4.69) is 31.3 Å². The Kier molecular flexibility index (Phi) is 5.30. The summed E-state index contributed by atoms with van der Waals surface area (Å²) in [6.45, 7) is 2.15. The van der Waals surface area contributed by atoms with Crippen LogP contribution in [0.25, 0.3) is 0 Å². The zero-order valence-electron chi connectivity index (χ0n) is 8.27. The van der Waals surface area contributed by atoms with Crippen molar-refractivity contribution >= 4 is 33.5 Å². The van der Waals surface area contributed by atoms with Crippen molar-refractivity contribution in [3.8, 4) is 0 Å². The van der Waals surface area contributed by atoms with E-state index in [1.165, 1.54) is 6.33 Å². The summed E-state index contributed by atoms with van der Waals surface area (Å²) >= 11 is 4.92. The van der Waals surface area contributed by atoms with Gasteiger partial charge in [-0.2, -0.15) is 0 Å². The molecule has 0 aliphatic rings. The van der Waals surface area contributed by atoms with E-state index in [1.54, 1.807) is 11.8 Å². The topological polar surface area (TPSA) is 84.1 Å². The van der Waals surface area contributed by atoms with Gasteiger partial charge in [0.15, 0.2) is 5.82 Å². The van der Waals surface area contributed by atoms with Gasteiger partial charge in [-0.05, 0) is 21.8 Å². The first-order valence-electron chi connectivity index (χ1n) is 4.39. The van der Waals surface area contributed by atoms with Crippen LogP contribution in [0.5, 0.6) is 0 Å². The summed E-state index contributed by atoms with van der Waals surface area (Å²) in [6.07, 6.45) is 1.45. The first kappa shape index (κ1) is 12.7. The van der Waals surface area contributed by atoms with Crippen molar-refractivity contribution in [2.24, 2.45) is 11.8 Å². The standard InChI is InChI=1S/C8H13BrN4OS/c1-5(2-14)3-15-8-6(9)7(13-10)11-4-12-8/h4-5,14H,2-3,10H2,1H3,(H,11,12,13). The van der Waals surface area contributed by atoms with Gasteiger partial charge >= 0.3 is 0 Å². The molecule has 84 valence electrons. The lowest BCUT2D eigenvalue weighted by atomic mass is 10.2. The second-order valence-electron chi connectivity index (χ2n) is 3.08. The van der Waals surface area contributed by atoms with E-state index in [0.29, 0.717) is 5.82 Å². The van der Waals surface area contributed by atoms with E-state index in [9.17, 15) is 0 Å². The Morgan fingerprint density at radius 1 is 1.67 bits per heavy atom. The number of nitrogens with one attached hydrogen (secondary N) is 1. The van der Waals surface area contributed by atoms with Crippen LogP contribution in [0.2, 0.25) is 0 Å². The molecule has 1 heterocycles. The van der Waals surface area contributed by atoms with Crippen LogP contribution >= 0.6 is 27.7 Å². The molecular weight excluding hydrogens is 280 g/mol. The number of hydrogen-bond acceptors (Lipinski definition) is 6. The maximum atomic E-state index is 8.89. The number of anilines is 1. The van der Waals surface area contributed by atoms with Crippen LogP contribution in [-0.4, -0.2) is 27.4 Å². The summed E-state index contributed by atoms with van der Waals surface area (Å²) in [6, 6.07) is 0. The molecule has 15 heavy (non-hydrogen) atoms. The molecule has 0 aromatic carbocycles. The summed E-state index contributed by atoms with van der Waals surface area (Å²) in [5.74, 6) is 6.89. The molecule has 0 amide bonds. The minimum absolute atomic E-state index is 0.178. The Morgan fingerprint density at radius 3 is 3.00 bits per heavy atom. The number of rotatable bonds is 5. The van der Waals surface area contributed by atoms with Crippen molar-refractivity contribution < 1.29 is 5.11 Å². The highest BCUT2D eigenvalue weighted by Gasteiger charge is 2.09. The number of hydrazine groups is 1. The van der Waals surface area contributed by atoms with E-state index >= 15 is 0 Å². The predicted molar refractivity (Wildman–Crippen MR) is 64.5 cm³/mol. The zero-order chi connectivity index (χ0) is 11.3. The molecule has 1 atom stereocenters. The van der Waals surface area contributed by atoms with Crippen LogP contribution in [0.15, 0.2) is 15.8 Å². The Morgan fingerprint density at radius 2 is 2.40 bits per heavy atom. The van der Waals surface area contributed by atoms with Gasteiger partial charge in [0.2, 0.25) is 0 Å². The second-order valence-corrected chi connectivity index (χ2v) is 4.89. The van der Waals surface area contributed by atoms with Crippen LogP contribution in [0.3, 0.4) is 0 Å². The molecule has 0 saturated heterocycles. The molecule has 1 unspecified atom stereocenters. The van der Waals surface area contributed by atoms with Gasteiger partial charge in [-0.25, -0.2) is 15.8 Å².